The standard InChI is InChI=1S/C24H29N3O4/c25-23(28)22-7-2-12-27(22)15-17-4-1-5-19(14-17)26-24(29)18-8-10-20(11-9-18)31-16-21-6-3-13-30-21/h1,4-5,8-11,14,21-22H,2-3,6-7,12-13,15-16H2,(H2,25,28)(H,26,29). The molecule has 7 heteroatoms. The van der Waals surface area contributed by atoms with E-state index >= 15 is 0 Å². The Morgan fingerprint density at radius 2 is 1.97 bits per heavy atom. The fourth-order valence-corrected chi connectivity index (χ4v) is 4.19. The third-order valence-corrected chi connectivity index (χ3v) is 5.84. The molecule has 0 bridgehead atoms. The molecule has 0 radical (unpaired) electrons. The number of rotatable bonds is 8. The largest absolute Gasteiger partial charge is 0.491 e. The van der Waals surface area contributed by atoms with Crippen molar-refractivity contribution in [2.45, 2.75) is 44.4 Å². The minimum atomic E-state index is -0.273. The van der Waals surface area contributed by atoms with E-state index in [0.29, 0.717) is 18.7 Å². The van der Waals surface area contributed by atoms with Crippen LogP contribution in [0, 0.1) is 0 Å². The summed E-state index contributed by atoms with van der Waals surface area (Å²) in [6.07, 6.45) is 4.05. The first-order chi connectivity index (χ1) is 15.1. The number of carbonyl (C=O) groups is 2. The smallest absolute Gasteiger partial charge is 0.255 e. The molecule has 164 valence electrons. The van der Waals surface area contributed by atoms with Gasteiger partial charge in [-0.1, -0.05) is 12.1 Å². The molecule has 31 heavy (non-hydrogen) atoms. The molecular weight excluding hydrogens is 394 g/mol. The van der Waals surface area contributed by atoms with Gasteiger partial charge < -0.3 is 20.5 Å². The van der Waals surface area contributed by atoms with E-state index in [1.165, 1.54) is 0 Å². The van der Waals surface area contributed by atoms with Crippen LogP contribution in [-0.2, 0) is 16.1 Å². The summed E-state index contributed by atoms with van der Waals surface area (Å²) in [4.78, 5) is 26.4. The summed E-state index contributed by atoms with van der Waals surface area (Å²) in [5, 5.41) is 2.94. The Labute approximate surface area is 182 Å². The van der Waals surface area contributed by atoms with Crippen molar-refractivity contribution in [3.8, 4) is 5.75 Å². The second kappa shape index (κ2) is 9.94. The monoisotopic (exact) mass is 423 g/mol. The molecule has 2 aliphatic heterocycles. The van der Waals surface area contributed by atoms with Crippen LogP contribution in [0.3, 0.4) is 0 Å². The molecule has 2 heterocycles. The molecule has 2 aromatic rings. The second-order valence-electron chi connectivity index (χ2n) is 8.16. The summed E-state index contributed by atoms with van der Waals surface area (Å²) in [6, 6.07) is 14.6. The minimum absolute atomic E-state index is 0.161. The third-order valence-electron chi connectivity index (χ3n) is 5.84. The van der Waals surface area contributed by atoms with Crippen molar-refractivity contribution < 1.29 is 19.1 Å². The number of amides is 2. The summed E-state index contributed by atoms with van der Waals surface area (Å²) < 4.78 is 11.3. The third kappa shape index (κ3) is 5.62. The molecule has 2 atom stereocenters. The SMILES string of the molecule is NC(=O)C1CCCN1Cc1cccc(NC(=O)c2ccc(OCC3CCCO3)cc2)c1. The number of carbonyl (C=O) groups excluding carboxylic acids is 2. The van der Waals surface area contributed by atoms with Crippen LogP contribution in [0.4, 0.5) is 5.69 Å². The average Bonchev–Trinajstić information content (AvgIpc) is 3.45. The number of likely N-dealkylation sites (tertiary alicyclic amines) is 1. The van der Waals surface area contributed by atoms with Crippen molar-refractivity contribution in [2.75, 3.05) is 25.1 Å². The molecule has 0 aliphatic carbocycles. The van der Waals surface area contributed by atoms with Crippen LogP contribution in [0.15, 0.2) is 48.5 Å². The van der Waals surface area contributed by atoms with Crippen LogP contribution in [0.2, 0.25) is 0 Å². The van der Waals surface area contributed by atoms with Gasteiger partial charge in [-0.3, -0.25) is 14.5 Å². The molecule has 0 spiro atoms. The first kappa shape index (κ1) is 21.3. The Bertz CT molecular complexity index is 909. The number of hydrogen-bond acceptors (Lipinski definition) is 5. The molecule has 0 saturated carbocycles. The van der Waals surface area contributed by atoms with Crippen LogP contribution in [-0.4, -0.2) is 48.6 Å². The van der Waals surface area contributed by atoms with Crippen molar-refractivity contribution in [1.29, 1.82) is 0 Å². The van der Waals surface area contributed by atoms with Gasteiger partial charge in [0.25, 0.3) is 5.91 Å². The van der Waals surface area contributed by atoms with Crippen molar-refractivity contribution in [3.63, 3.8) is 0 Å². The predicted octanol–water partition coefficient (Wildman–Crippen LogP) is 2.95. The van der Waals surface area contributed by atoms with Crippen LogP contribution < -0.4 is 15.8 Å². The zero-order valence-electron chi connectivity index (χ0n) is 17.6. The lowest BCUT2D eigenvalue weighted by Crippen LogP contribution is -2.39. The van der Waals surface area contributed by atoms with Gasteiger partial charge in [0, 0.05) is 24.4 Å². The van der Waals surface area contributed by atoms with E-state index < -0.39 is 0 Å². The number of primary amides is 1. The highest BCUT2D eigenvalue weighted by molar-refractivity contribution is 6.04. The van der Waals surface area contributed by atoms with E-state index in [1.807, 2.05) is 24.3 Å². The number of benzene rings is 2. The van der Waals surface area contributed by atoms with E-state index in [-0.39, 0.29) is 24.0 Å². The fourth-order valence-electron chi connectivity index (χ4n) is 4.19. The highest BCUT2D eigenvalue weighted by Crippen LogP contribution is 2.22. The Morgan fingerprint density at radius 1 is 1.13 bits per heavy atom. The Balaban J connectivity index is 1.33. The molecule has 2 amide bonds. The van der Waals surface area contributed by atoms with Crippen LogP contribution in [0.5, 0.6) is 5.75 Å². The molecule has 4 rings (SSSR count). The van der Waals surface area contributed by atoms with E-state index in [9.17, 15) is 9.59 Å². The lowest BCUT2D eigenvalue weighted by Gasteiger charge is -2.22. The summed E-state index contributed by atoms with van der Waals surface area (Å²) in [6.45, 7) is 2.82. The Hall–Kier alpha value is -2.90. The van der Waals surface area contributed by atoms with E-state index in [2.05, 4.69) is 10.2 Å². The molecule has 2 saturated heterocycles. The first-order valence-electron chi connectivity index (χ1n) is 10.9. The summed E-state index contributed by atoms with van der Waals surface area (Å²) in [5.74, 6) is 0.271. The Kier molecular flexibility index (Phi) is 6.84. The number of hydrogen-bond donors (Lipinski definition) is 2. The number of ether oxygens (including phenoxy) is 2. The summed E-state index contributed by atoms with van der Waals surface area (Å²) in [5.41, 5.74) is 7.82. The predicted molar refractivity (Wildman–Crippen MR) is 118 cm³/mol. The summed E-state index contributed by atoms with van der Waals surface area (Å²) >= 11 is 0. The van der Waals surface area contributed by atoms with Gasteiger partial charge in [-0.2, -0.15) is 0 Å². The normalized spacial score (nSPS) is 21.2. The van der Waals surface area contributed by atoms with Crippen LogP contribution in [0.1, 0.15) is 41.6 Å². The van der Waals surface area contributed by atoms with Gasteiger partial charge in [0.2, 0.25) is 5.91 Å². The molecule has 3 N–H and O–H groups in total. The van der Waals surface area contributed by atoms with Crippen LogP contribution in [0.25, 0.3) is 0 Å². The van der Waals surface area contributed by atoms with Gasteiger partial charge in [0.05, 0.1) is 12.1 Å². The van der Waals surface area contributed by atoms with Crippen molar-refractivity contribution in [1.82, 2.24) is 4.90 Å². The summed E-state index contributed by atoms with van der Waals surface area (Å²) in [7, 11) is 0. The van der Waals surface area contributed by atoms with E-state index in [0.717, 1.165) is 55.8 Å². The number of nitrogens with two attached hydrogens (primary N) is 1. The minimum Gasteiger partial charge on any atom is -0.491 e. The zero-order valence-corrected chi connectivity index (χ0v) is 17.6. The van der Waals surface area contributed by atoms with Crippen LogP contribution >= 0.6 is 0 Å². The van der Waals surface area contributed by atoms with Gasteiger partial charge in [0.15, 0.2) is 0 Å². The van der Waals surface area contributed by atoms with Crippen molar-refractivity contribution >= 4 is 17.5 Å². The van der Waals surface area contributed by atoms with Gasteiger partial charge in [-0.15, -0.1) is 0 Å². The highest BCUT2D eigenvalue weighted by atomic mass is 16.5. The lowest BCUT2D eigenvalue weighted by atomic mass is 10.1. The Morgan fingerprint density at radius 3 is 2.71 bits per heavy atom. The number of anilines is 1. The highest BCUT2D eigenvalue weighted by Gasteiger charge is 2.28. The van der Waals surface area contributed by atoms with Gasteiger partial charge in [-0.05, 0) is 74.2 Å². The molecule has 0 aromatic heterocycles. The molecule has 7 nitrogen and oxygen atoms in total. The second-order valence-corrected chi connectivity index (χ2v) is 8.16. The topological polar surface area (TPSA) is 93.9 Å². The quantitative estimate of drug-likeness (QED) is 0.681. The van der Waals surface area contributed by atoms with Crippen molar-refractivity contribution in [3.05, 3.63) is 59.7 Å². The lowest BCUT2D eigenvalue weighted by molar-refractivity contribution is -0.122. The molecule has 2 fully saturated rings. The maximum Gasteiger partial charge on any atom is 0.255 e. The average molecular weight is 424 g/mol. The molecule has 2 unspecified atom stereocenters. The van der Waals surface area contributed by atoms with Gasteiger partial charge >= 0.3 is 0 Å². The fraction of sp³-hybridized carbons (Fsp3) is 0.417. The van der Waals surface area contributed by atoms with Gasteiger partial charge in [0.1, 0.15) is 12.4 Å². The number of nitrogens with one attached hydrogen (secondary N) is 1. The molecule has 2 aliphatic rings. The maximum atomic E-state index is 12.6. The molecule has 2 aromatic carbocycles. The molecular formula is C24H29N3O4. The van der Waals surface area contributed by atoms with E-state index in [1.54, 1.807) is 24.3 Å². The first-order valence-corrected chi connectivity index (χ1v) is 10.9. The zero-order chi connectivity index (χ0) is 21.6. The van der Waals surface area contributed by atoms with Crippen molar-refractivity contribution in [2.24, 2.45) is 5.73 Å². The number of nitrogens with zero attached hydrogens (tertiary/aromatic N) is 1. The van der Waals surface area contributed by atoms with Gasteiger partial charge in [-0.25, -0.2) is 0 Å². The maximum absolute atomic E-state index is 12.6. The van der Waals surface area contributed by atoms with E-state index in [4.69, 9.17) is 15.2 Å².